The van der Waals surface area contributed by atoms with Crippen LogP contribution >= 0.6 is 0 Å². The molecule has 0 aliphatic heterocycles. The molecule has 1 fully saturated rings. The van der Waals surface area contributed by atoms with Gasteiger partial charge in [0.1, 0.15) is 5.82 Å². The number of nitrogens with one attached hydrogen (secondary N) is 1. The third-order valence-electron chi connectivity index (χ3n) is 3.31. The van der Waals surface area contributed by atoms with Gasteiger partial charge in [-0.3, -0.25) is 4.79 Å². The van der Waals surface area contributed by atoms with Crippen LogP contribution in [0.15, 0.2) is 24.3 Å². The van der Waals surface area contributed by atoms with E-state index in [2.05, 4.69) is 5.32 Å². The molecule has 1 aliphatic rings. The van der Waals surface area contributed by atoms with Crippen molar-refractivity contribution in [3.05, 3.63) is 35.6 Å². The van der Waals surface area contributed by atoms with E-state index in [0.29, 0.717) is 19.5 Å². The van der Waals surface area contributed by atoms with Gasteiger partial charge in [-0.25, -0.2) is 4.39 Å². The number of hydrogen-bond donors (Lipinski definition) is 2. The second-order valence-corrected chi connectivity index (χ2v) is 4.60. The van der Waals surface area contributed by atoms with Crippen LogP contribution in [0.2, 0.25) is 0 Å². The fourth-order valence-electron chi connectivity index (χ4n) is 2.01. The zero-order valence-corrected chi connectivity index (χ0v) is 9.71. The molecule has 0 saturated heterocycles. The summed E-state index contributed by atoms with van der Waals surface area (Å²) in [6.45, 7) is 0.993. The highest BCUT2D eigenvalue weighted by Gasteiger charge is 2.44. The van der Waals surface area contributed by atoms with Crippen LogP contribution in [0.5, 0.6) is 0 Å². The minimum atomic E-state index is -0.225. The first-order valence-electron chi connectivity index (χ1n) is 5.89. The summed E-state index contributed by atoms with van der Waals surface area (Å²) >= 11 is 0. The van der Waals surface area contributed by atoms with E-state index < -0.39 is 0 Å². The molecule has 17 heavy (non-hydrogen) atoms. The van der Waals surface area contributed by atoms with E-state index in [-0.39, 0.29) is 17.1 Å². The van der Waals surface area contributed by atoms with Crippen LogP contribution < -0.4 is 11.1 Å². The van der Waals surface area contributed by atoms with Crippen molar-refractivity contribution in [2.45, 2.75) is 24.7 Å². The molecule has 0 atom stereocenters. The molecule has 1 aromatic rings. The molecule has 0 radical (unpaired) electrons. The first-order chi connectivity index (χ1) is 8.16. The first-order valence-corrected chi connectivity index (χ1v) is 5.89. The van der Waals surface area contributed by atoms with Gasteiger partial charge >= 0.3 is 0 Å². The van der Waals surface area contributed by atoms with Gasteiger partial charge in [-0.2, -0.15) is 0 Å². The highest BCUT2D eigenvalue weighted by atomic mass is 19.1. The molecule has 4 heteroatoms. The van der Waals surface area contributed by atoms with Gasteiger partial charge in [0.15, 0.2) is 0 Å². The molecule has 1 amide bonds. The zero-order valence-electron chi connectivity index (χ0n) is 9.71. The molecule has 0 unspecified atom stereocenters. The van der Waals surface area contributed by atoms with E-state index in [1.165, 1.54) is 12.1 Å². The average molecular weight is 236 g/mol. The molecule has 0 spiro atoms. The Morgan fingerprint density at radius 1 is 1.35 bits per heavy atom. The maximum Gasteiger partial charge on any atom is 0.221 e. The lowest BCUT2D eigenvalue weighted by Gasteiger charge is -2.16. The fourth-order valence-corrected chi connectivity index (χ4v) is 2.01. The summed E-state index contributed by atoms with van der Waals surface area (Å²) in [5.41, 5.74) is 6.44. The Hall–Kier alpha value is -1.42. The lowest BCUT2D eigenvalue weighted by Crippen LogP contribution is -2.33. The largest absolute Gasteiger partial charge is 0.355 e. The van der Waals surface area contributed by atoms with Crippen molar-refractivity contribution in [2.24, 2.45) is 5.73 Å². The van der Waals surface area contributed by atoms with Crippen molar-refractivity contribution >= 4 is 5.91 Å². The van der Waals surface area contributed by atoms with Crippen LogP contribution in [0.25, 0.3) is 0 Å². The normalized spacial score (nSPS) is 16.6. The van der Waals surface area contributed by atoms with Gasteiger partial charge in [-0.1, -0.05) is 12.1 Å². The highest BCUT2D eigenvalue weighted by molar-refractivity contribution is 5.76. The summed E-state index contributed by atoms with van der Waals surface area (Å²) in [7, 11) is 0. The van der Waals surface area contributed by atoms with Crippen molar-refractivity contribution in [1.82, 2.24) is 5.32 Å². The van der Waals surface area contributed by atoms with E-state index in [4.69, 9.17) is 5.73 Å². The maximum atomic E-state index is 12.8. The molecule has 2 rings (SSSR count). The molecule has 3 nitrogen and oxygen atoms in total. The van der Waals surface area contributed by atoms with Crippen molar-refractivity contribution in [2.75, 3.05) is 13.1 Å². The van der Waals surface area contributed by atoms with Gasteiger partial charge < -0.3 is 11.1 Å². The van der Waals surface area contributed by atoms with Gasteiger partial charge in [0.05, 0.1) is 0 Å². The second-order valence-electron chi connectivity index (χ2n) is 4.60. The van der Waals surface area contributed by atoms with Gasteiger partial charge in [-0.15, -0.1) is 0 Å². The van der Waals surface area contributed by atoms with Crippen molar-refractivity contribution < 1.29 is 9.18 Å². The third-order valence-corrected chi connectivity index (χ3v) is 3.31. The summed E-state index contributed by atoms with van der Waals surface area (Å²) in [6.07, 6.45) is 2.45. The number of carbonyl (C=O) groups is 1. The number of halogens is 1. The fraction of sp³-hybridized carbons (Fsp3) is 0.462. The number of amides is 1. The van der Waals surface area contributed by atoms with Gasteiger partial charge in [0.25, 0.3) is 0 Å². The van der Waals surface area contributed by atoms with E-state index >= 15 is 0 Å². The lowest BCUT2D eigenvalue weighted by molar-refractivity contribution is -0.121. The lowest BCUT2D eigenvalue weighted by atomic mass is 9.96. The molecule has 0 heterocycles. The molecule has 1 aromatic carbocycles. The van der Waals surface area contributed by atoms with Crippen molar-refractivity contribution in [3.8, 4) is 0 Å². The monoisotopic (exact) mass is 236 g/mol. The number of nitrogens with two attached hydrogens (primary N) is 1. The number of carbonyl (C=O) groups excluding carboxylic acids is 1. The average Bonchev–Trinajstić information content (AvgIpc) is 3.09. The molecule has 92 valence electrons. The Morgan fingerprint density at radius 2 is 2.00 bits per heavy atom. The summed E-state index contributed by atoms with van der Waals surface area (Å²) < 4.78 is 12.8. The number of benzene rings is 1. The number of hydrogen-bond acceptors (Lipinski definition) is 2. The van der Waals surface area contributed by atoms with E-state index in [9.17, 15) is 9.18 Å². The van der Waals surface area contributed by atoms with Crippen LogP contribution in [0, 0.1) is 5.82 Å². The predicted octanol–water partition coefficient (Wildman–Crippen LogP) is 1.32. The molecule has 1 aliphatic carbocycles. The summed E-state index contributed by atoms with van der Waals surface area (Å²) in [5, 5.41) is 2.89. The second kappa shape index (κ2) is 4.84. The highest BCUT2D eigenvalue weighted by Crippen LogP contribution is 2.47. The molecule has 0 aromatic heterocycles. The molecule has 3 N–H and O–H groups in total. The Morgan fingerprint density at radius 3 is 2.53 bits per heavy atom. The van der Waals surface area contributed by atoms with Crippen LogP contribution in [0.3, 0.4) is 0 Å². The Bertz CT molecular complexity index is 398. The van der Waals surface area contributed by atoms with Crippen molar-refractivity contribution in [3.63, 3.8) is 0 Å². The Labute approximate surface area is 100 Å². The summed E-state index contributed by atoms with van der Waals surface area (Å²) in [4.78, 5) is 11.4. The number of rotatable bonds is 5. The summed E-state index contributed by atoms with van der Waals surface area (Å²) in [6, 6.07) is 6.54. The van der Waals surface area contributed by atoms with Gasteiger partial charge in [0.2, 0.25) is 5.91 Å². The summed E-state index contributed by atoms with van der Waals surface area (Å²) in [5.74, 6) is -0.238. The topological polar surface area (TPSA) is 55.1 Å². The van der Waals surface area contributed by atoms with E-state index in [1.807, 2.05) is 0 Å². The maximum absolute atomic E-state index is 12.8. The van der Waals surface area contributed by atoms with Crippen LogP contribution in [0.1, 0.15) is 24.8 Å². The molecular formula is C13H17FN2O. The zero-order chi connectivity index (χ0) is 12.3. The van der Waals surface area contributed by atoms with E-state index in [0.717, 1.165) is 18.4 Å². The molecular weight excluding hydrogens is 219 g/mol. The van der Waals surface area contributed by atoms with Crippen LogP contribution in [-0.2, 0) is 10.2 Å². The van der Waals surface area contributed by atoms with E-state index in [1.54, 1.807) is 12.1 Å². The minimum absolute atomic E-state index is 0.0131. The SMILES string of the molecule is NCCC(=O)NCC1(c2ccc(F)cc2)CC1. The van der Waals surface area contributed by atoms with Gasteiger partial charge in [-0.05, 0) is 30.5 Å². The standard InChI is InChI=1S/C13H17FN2O/c14-11-3-1-10(2-4-11)13(6-7-13)9-16-12(17)5-8-15/h1-4H,5-9,15H2,(H,16,17). The molecule has 0 bridgehead atoms. The predicted molar refractivity (Wildman–Crippen MR) is 64.0 cm³/mol. The minimum Gasteiger partial charge on any atom is -0.355 e. The van der Waals surface area contributed by atoms with Crippen LogP contribution in [0.4, 0.5) is 4.39 Å². The Balaban J connectivity index is 1.95. The Kier molecular flexibility index (Phi) is 3.43. The van der Waals surface area contributed by atoms with Crippen LogP contribution in [-0.4, -0.2) is 19.0 Å². The smallest absolute Gasteiger partial charge is 0.221 e. The first kappa shape index (κ1) is 12.0. The third kappa shape index (κ3) is 2.82. The van der Waals surface area contributed by atoms with Gasteiger partial charge in [0, 0.05) is 24.9 Å². The van der Waals surface area contributed by atoms with Crippen molar-refractivity contribution in [1.29, 1.82) is 0 Å². The quantitative estimate of drug-likeness (QED) is 0.810. The molecule has 1 saturated carbocycles.